The molecule has 9 atom stereocenters. The van der Waals surface area contributed by atoms with Gasteiger partial charge in [0.05, 0.1) is 11.5 Å². The van der Waals surface area contributed by atoms with Crippen molar-refractivity contribution in [3.8, 4) is 0 Å². The van der Waals surface area contributed by atoms with E-state index in [0.29, 0.717) is 6.10 Å². The monoisotopic (exact) mass is 388 g/mol. The van der Waals surface area contributed by atoms with Crippen molar-refractivity contribution in [1.29, 1.82) is 0 Å². The second-order valence-corrected chi connectivity index (χ2v) is 12.9. The molecule has 0 spiro atoms. The third-order valence-electron chi connectivity index (χ3n) is 9.45. The highest BCUT2D eigenvalue weighted by Crippen LogP contribution is 2.69. The second kappa shape index (κ2) is 5.99. The van der Waals surface area contributed by atoms with E-state index < -0.39 is 6.29 Å². The molecule has 5 rings (SSSR count). The highest BCUT2D eigenvalue weighted by atomic mass is 16.7. The molecule has 0 aromatic rings. The molecule has 0 aromatic heterocycles. The number of carbonyl (C=O) groups is 1. The molecule has 0 heterocycles. The number of hydrogen-bond donors (Lipinski definition) is 0. The van der Waals surface area contributed by atoms with Crippen LogP contribution in [-0.2, 0) is 14.3 Å². The van der Waals surface area contributed by atoms with Gasteiger partial charge in [0.25, 0.3) is 0 Å². The first kappa shape index (κ1) is 19.4. The summed E-state index contributed by atoms with van der Waals surface area (Å²) in [5.74, 6) is 5.50. The van der Waals surface area contributed by atoms with Gasteiger partial charge in [-0.15, -0.1) is 0 Å². The molecule has 0 amide bonds. The lowest BCUT2D eigenvalue weighted by Crippen LogP contribution is -2.39. The summed E-state index contributed by atoms with van der Waals surface area (Å²) in [6.45, 7) is 13.0. The van der Waals surface area contributed by atoms with Gasteiger partial charge in [-0.3, -0.25) is 4.79 Å². The minimum atomic E-state index is -0.415. The van der Waals surface area contributed by atoms with Crippen LogP contribution in [0.15, 0.2) is 0 Å². The normalized spacial score (nSPS) is 48.6. The fraction of sp³-hybridized carbons (Fsp3) is 0.960. The van der Waals surface area contributed by atoms with Crippen LogP contribution in [0.2, 0.25) is 0 Å². The van der Waals surface area contributed by atoms with E-state index in [0.717, 1.165) is 48.3 Å². The summed E-state index contributed by atoms with van der Waals surface area (Å²) in [4.78, 5) is 13.1. The minimum Gasteiger partial charge on any atom is -0.436 e. The van der Waals surface area contributed by atoms with E-state index in [2.05, 4.69) is 34.6 Å². The lowest BCUT2D eigenvalue weighted by Gasteiger charge is -2.39. The minimum absolute atomic E-state index is 0.0270. The molecule has 9 unspecified atom stereocenters. The Morgan fingerprint density at radius 1 is 1.04 bits per heavy atom. The van der Waals surface area contributed by atoms with Crippen LogP contribution < -0.4 is 0 Å². The van der Waals surface area contributed by atoms with Crippen molar-refractivity contribution in [2.24, 2.45) is 51.8 Å². The van der Waals surface area contributed by atoms with Crippen molar-refractivity contribution in [2.75, 3.05) is 0 Å². The number of fused-ring (bicyclic) bond motifs is 9. The molecule has 5 saturated carbocycles. The molecule has 0 N–H and O–H groups in total. The van der Waals surface area contributed by atoms with Crippen LogP contribution in [0.5, 0.6) is 0 Å². The smallest absolute Gasteiger partial charge is 0.314 e. The van der Waals surface area contributed by atoms with Crippen molar-refractivity contribution in [2.45, 2.75) is 98.9 Å². The maximum absolute atomic E-state index is 13.1. The van der Waals surface area contributed by atoms with Crippen molar-refractivity contribution in [3.63, 3.8) is 0 Å². The lowest BCUT2D eigenvalue weighted by atomic mass is 9.70. The Balaban J connectivity index is 1.20. The third kappa shape index (κ3) is 2.81. The Kier molecular flexibility index (Phi) is 4.15. The molecular weight excluding hydrogens is 348 g/mol. The van der Waals surface area contributed by atoms with E-state index in [-0.39, 0.29) is 22.2 Å². The van der Waals surface area contributed by atoms with Gasteiger partial charge in [0.2, 0.25) is 0 Å². The van der Waals surface area contributed by atoms with Crippen LogP contribution in [0.25, 0.3) is 0 Å². The molecule has 5 aliphatic carbocycles. The summed E-state index contributed by atoms with van der Waals surface area (Å²) >= 11 is 0. The van der Waals surface area contributed by atoms with Crippen molar-refractivity contribution in [3.05, 3.63) is 0 Å². The molecule has 0 saturated heterocycles. The zero-order valence-electron chi connectivity index (χ0n) is 18.8. The molecule has 0 radical (unpaired) electrons. The van der Waals surface area contributed by atoms with Crippen molar-refractivity contribution in [1.82, 2.24) is 0 Å². The Bertz CT molecular complexity index is 661. The van der Waals surface area contributed by atoms with Gasteiger partial charge in [0.15, 0.2) is 6.29 Å². The van der Waals surface area contributed by atoms with Crippen LogP contribution in [0.1, 0.15) is 86.5 Å². The van der Waals surface area contributed by atoms with E-state index in [1.807, 2.05) is 6.92 Å². The number of rotatable bonds is 5. The van der Waals surface area contributed by atoms with E-state index in [1.165, 1.54) is 32.1 Å². The molecule has 28 heavy (non-hydrogen) atoms. The van der Waals surface area contributed by atoms with Crippen LogP contribution in [0, 0.1) is 51.8 Å². The molecule has 5 aliphatic rings. The average molecular weight is 389 g/mol. The predicted octanol–water partition coefficient (Wildman–Crippen LogP) is 5.82. The molecule has 3 nitrogen and oxygen atoms in total. The van der Waals surface area contributed by atoms with E-state index >= 15 is 0 Å². The summed E-state index contributed by atoms with van der Waals surface area (Å²) in [6.07, 6.45) is 8.73. The van der Waals surface area contributed by atoms with Crippen molar-refractivity contribution < 1.29 is 14.3 Å². The topological polar surface area (TPSA) is 35.5 Å². The van der Waals surface area contributed by atoms with Crippen LogP contribution in [-0.4, -0.2) is 18.4 Å². The van der Waals surface area contributed by atoms with Gasteiger partial charge < -0.3 is 9.47 Å². The van der Waals surface area contributed by atoms with Gasteiger partial charge in [-0.05, 0) is 98.2 Å². The van der Waals surface area contributed by atoms with Crippen molar-refractivity contribution >= 4 is 5.97 Å². The van der Waals surface area contributed by atoms with Gasteiger partial charge in [-0.2, -0.15) is 0 Å². The highest BCUT2D eigenvalue weighted by molar-refractivity contribution is 5.82. The summed E-state index contributed by atoms with van der Waals surface area (Å²) in [5, 5.41) is 0. The lowest BCUT2D eigenvalue weighted by molar-refractivity contribution is -0.201. The molecule has 0 aliphatic heterocycles. The van der Waals surface area contributed by atoms with E-state index in [1.54, 1.807) is 0 Å². The molecule has 4 bridgehead atoms. The highest BCUT2D eigenvalue weighted by Gasteiger charge is 2.68. The largest absolute Gasteiger partial charge is 0.436 e. The molecule has 158 valence electrons. The number of hydrogen-bond acceptors (Lipinski definition) is 3. The third-order valence-corrected chi connectivity index (χ3v) is 9.45. The Morgan fingerprint density at radius 2 is 1.68 bits per heavy atom. The molecule has 5 fully saturated rings. The van der Waals surface area contributed by atoms with Crippen LogP contribution in [0.4, 0.5) is 0 Å². The summed E-state index contributed by atoms with van der Waals surface area (Å²) < 4.78 is 12.4. The van der Waals surface area contributed by atoms with E-state index in [9.17, 15) is 4.79 Å². The molecule has 3 heteroatoms. The second-order valence-electron chi connectivity index (χ2n) is 12.9. The zero-order valence-corrected chi connectivity index (χ0v) is 18.8. The number of ether oxygens (including phenoxy) is 2. The first-order valence-electron chi connectivity index (χ1n) is 11.9. The summed E-state index contributed by atoms with van der Waals surface area (Å²) in [5.41, 5.74) is -0.161. The Hall–Kier alpha value is -0.570. The number of carbonyl (C=O) groups excluding carboxylic acids is 1. The Morgan fingerprint density at radius 3 is 2.29 bits per heavy atom. The van der Waals surface area contributed by atoms with Gasteiger partial charge in [0, 0.05) is 0 Å². The first-order valence-corrected chi connectivity index (χ1v) is 11.9. The molecule has 0 aromatic carbocycles. The van der Waals surface area contributed by atoms with Gasteiger partial charge >= 0.3 is 5.97 Å². The SMILES string of the molecule is CC(OC(=O)C1(CC(C)(C)C)CC1(C)C)OC1CC2CC1C1C3CCC(C3)C21. The van der Waals surface area contributed by atoms with Crippen LogP contribution in [0.3, 0.4) is 0 Å². The van der Waals surface area contributed by atoms with Crippen LogP contribution >= 0.6 is 0 Å². The fourth-order valence-corrected chi connectivity index (χ4v) is 8.54. The quantitative estimate of drug-likeness (QED) is 0.338. The molecular formula is C25H40O3. The first-order chi connectivity index (χ1) is 13.0. The summed E-state index contributed by atoms with van der Waals surface area (Å²) in [7, 11) is 0. The predicted molar refractivity (Wildman–Crippen MR) is 109 cm³/mol. The van der Waals surface area contributed by atoms with E-state index in [4.69, 9.17) is 9.47 Å². The Labute approximate surface area is 171 Å². The average Bonchev–Trinajstić information content (AvgIpc) is 3.12. The fourth-order valence-electron chi connectivity index (χ4n) is 8.54. The van der Waals surface area contributed by atoms with Gasteiger partial charge in [-0.1, -0.05) is 34.6 Å². The number of esters is 1. The summed E-state index contributed by atoms with van der Waals surface area (Å²) in [6, 6.07) is 0. The van der Waals surface area contributed by atoms with Gasteiger partial charge in [-0.25, -0.2) is 0 Å². The maximum Gasteiger partial charge on any atom is 0.314 e. The zero-order chi connectivity index (χ0) is 20.1. The van der Waals surface area contributed by atoms with Gasteiger partial charge in [0.1, 0.15) is 0 Å². The standard InChI is InChI=1S/C25H40O3/c1-14(28-22(26)25(12-23(2,3)4)13-24(25,5)6)27-19-11-17-10-18(19)21-16-8-7-15(9-16)20(17)21/h14-21H,7-13H2,1-6H3. The maximum atomic E-state index is 13.1.